The SMILES string of the molecule is C1=CC2=C(C1)CCC2.CC.CC. The summed E-state index contributed by atoms with van der Waals surface area (Å²) in [7, 11) is 0. The number of rotatable bonds is 0. The molecule has 2 aliphatic rings. The molecule has 0 aliphatic heterocycles. The molecule has 0 aromatic rings. The molecule has 0 aromatic heterocycles. The predicted molar refractivity (Wildman–Crippen MR) is 57.3 cm³/mol. The van der Waals surface area contributed by atoms with Crippen LogP contribution in [0.2, 0.25) is 0 Å². The number of hydrogen-bond donors (Lipinski definition) is 0. The maximum absolute atomic E-state index is 2.29. The van der Waals surface area contributed by atoms with Crippen molar-refractivity contribution in [2.24, 2.45) is 0 Å². The third-order valence-corrected chi connectivity index (χ3v) is 2.06. The first kappa shape index (κ1) is 11.5. The van der Waals surface area contributed by atoms with E-state index >= 15 is 0 Å². The first-order chi connectivity index (χ1) is 5.97. The molecular weight excluding hydrogens is 144 g/mol. The van der Waals surface area contributed by atoms with Crippen LogP contribution in [0.1, 0.15) is 53.4 Å². The molecule has 70 valence electrons. The molecule has 0 unspecified atom stereocenters. The summed E-state index contributed by atoms with van der Waals surface area (Å²) in [5, 5.41) is 0. The van der Waals surface area contributed by atoms with Gasteiger partial charge in [-0.2, -0.15) is 0 Å². The second kappa shape index (κ2) is 7.15. The Kier molecular flexibility index (Phi) is 6.84. The second-order valence-corrected chi connectivity index (χ2v) is 2.59. The lowest BCUT2D eigenvalue weighted by atomic mass is 10.2. The Labute approximate surface area is 77.4 Å². The molecule has 0 spiro atoms. The van der Waals surface area contributed by atoms with Crippen molar-refractivity contribution >= 4 is 0 Å². The van der Waals surface area contributed by atoms with Gasteiger partial charge in [-0.15, -0.1) is 0 Å². The smallest absolute Gasteiger partial charge is 0.0130 e. The van der Waals surface area contributed by atoms with E-state index in [0.29, 0.717) is 0 Å². The third-order valence-electron chi connectivity index (χ3n) is 2.06. The Morgan fingerprint density at radius 1 is 1.00 bits per heavy atom. The number of hydrogen-bond acceptors (Lipinski definition) is 0. The summed E-state index contributed by atoms with van der Waals surface area (Å²) in [6, 6.07) is 0. The summed E-state index contributed by atoms with van der Waals surface area (Å²) in [5.41, 5.74) is 3.36. The van der Waals surface area contributed by atoms with Crippen LogP contribution < -0.4 is 0 Å². The first-order valence-electron chi connectivity index (χ1n) is 5.34. The lowest BCUT2D eigenvalue weighted by Gasteiger charge is -1.88. The molecule has 0 bridgehead atoms. The summed E-state index contributed by atoms with van der Waals surface area (Å²) in [6.07, 6.45) is 9.98. The molecule has 2 aliphatic carbocycles. The molecule has 0 aromatic carbocycles. The lowest BCUT2D eigenvalue weighted by Crippen LogP contribution is -1.68. The van der Waals surface area contributed by atoms with Gasteiger partial charge in [-0.1, -0.05) is 45.4 Å². The van der Waals surface area contributed by atoms with Crippen molar-refractivity contribution in [3.63, 3.8) is 0 Å². The second-order valence-electron chi connectivity index (χ2n) is 2.59. The van der Waals surface area contributed by atoms with Crippen LogP contribution in [0.5, 0.6) is 0 Å². The van der Waals surface area contributed by atoms with Crippen molar-refractivity contribution < 1.29 is 0 Å². The summed E-state index contributed by atoms with van der Waals surface area (Å²) >= 11 is 0. The zero-order valence-electron chi connectivity index (χ0n) is 8.98. The van der Waals surface area contributed by atoms with Gasteiger partial charge in [0.1, 0.15) is 0 Å². The van der Waals surface area contributed by atoms with Crippen LogP contribution in [-0.2, 0) is 0 Å². The molecule has 0 atom stereocenters. The van der Waals surface area contributed by atoms with Crippen LogP contribution >= 0.6 is 0 Å². The predicted octanol–water partition coefficient (Wildman–Crippen LogP) is 4.48. The Bertz CT molecular complexity index is 161. The topological polar surface area (TPSA) is 0 Å². The Balaban J connectivity index is 0.000000269. The highest BCUT2D eigenvalue weighted by molar-refractivity contribution is 5.36. The zero-order chi connectivity index (χ0) is 9.40. The van der Waals surface area contributed by atoms with Gasteiger partial charge >= 0.3 is 0 Å². The van der Waals surface area contributed by atoms with Crippen LogP contribution in [0.25, 0.3) is 0 Å². The van der Waals surface area contributed by atoms with Crippen LogP contribution in [0.4, 0.5) is 0 Å². The van der Waals surface area contributed by atoms with Gasteiger partial charge in [0.25, 0.3) is 0 Å². The molecule has 2 rings (SSSR count). The van der Waals surface area contributed by atoms with E-state index < -0.39 is 0 Å². The zero-order valence-corrected chi connectivity index (χ0v) is 8.98. The van der Waals surface area contributed by atoms with E-state index in [2.05, 4.69) is 12.2 Å². The van der Waals surface area contributed by atoms with Gasteiger partial charge < -0.3 is 0 Å². The van der Waals surface area contributed by atoms with Crippen molar-refractivity contribution in [3.8, 4) is 0 Å². The molecule has 0 fully saturated rings. The van der Waals surface area contributed by atoms with Gasteiger partial charge in [0.2, 0.25) is 0 Å². The van der Waals surface area contributed by atoms with Crippen molar-refractivity contribution in [3.05, 3.63) is 23.3 Å². The molecule has 0 radical (unpaired) electrons. The lowest BCUT2D eigenvalue weighted by molar-refractivity contribution is 0.882. The van der Waals surface area contributed by atoms with E-state index in [9.17, 15) is 0 Å². The van der Waals surface area contributed by atoms with Crippen LogP contribution in [0.15, 0.2) is 23.3 Å². The van der Waals surface area contributed by atoms with E-state index in [1.54, 1.807) is 11.1 Å². The fourth-order valence-corrected chi connectivity index (χ4v) is 1.61. The first-order valence-corrected chi connectivity index (χ1v) is 5.34. The Morgan fingerprint density at radius 2 is 1.67 bits per heavy atom. The van der Waals surface area contributed by atoms with E-state index in [-0.39, 0.29) is 0 Å². The van der Waals surface area contributed by atoms with E-state index in [1.807, 2.05) is 27.7 Å². The molecule has 0 saturated carbocycles. The Morgan fingerprint density at radius 3 is 2.25 bits per heavy atom. The average Bonchev–Trinajstić information content (AvgIpc) is 2.72. The normalized spacial score (nSPS) is 17.7. The van der Waals surface area contributed by atoms with E-state index in [0.717, 1.165) is 0 Å². The highest BCUT2D eigenvalue weighted by Gasteiger charge is 2.13. The summed E-state index contributed by atoms with van der Waals surface area (Å²) in [5.74, 6) is 0. The fourth-order valence-electron chi connectivity index (χ4n) is 1.61. The highest BCUT2D eigenvalue weighted by atomic mass is 14.2. The van der Waals surface area contributed by atoms with Crippen LogP contribution in [-0.4, -0.2) is 0 Å². The maximum atomic E-state index is 2.29. The summed E-state index contributed by atoms with van der Waals surface area (Å²) in [4.78, 5) is 0. The molecule has 12 heavy (non-hydrogen) atoms. The summed E-state index contributed by atoms with van der Waals surface area (Å²) < 4.78 is 0. The van der Waals surface area contributed by atoms with Crippen LogP contribution in [0, 0.1) is 0 Å². The highest BCUT2D eigenvalue weighted by Crippen LogP contribution is 2.33. The average molecular weight is 166 g/mol. The van der Waals surface area contributed by atoms with Gasteiger partial charge in [-0.3, -0.25) is 0 Å². The van der Waals surface area contributed by atoms with E-state index in [4.69, 9.17) is 0 Å². The number of allylic oxidation sites excluding steroid dienone is 4. The minimum Gasteiger partial charge on any atom is -0.0802 e. The summed E-state index contributed by atoms with van der Waals surface area (Å²) in [6.45, 7) is 8.00. The maximum Gasteiger partial charge on any atom is -0.0130 e. The molecule has 0 nitrogen and oxygen atoms in total. The fraction of sp³-hybridized carbons (Fsp3) is 0.667. The molecular formula is C12H22. The van der Waals surface area contributed by atoms with Gasteiger partial charge in [-0.25, -0.2) is 0 Å². The van der Waals surface area contributed by atoms with Crippen molar-refractivity contribution in [1.29, 1.82) is 0 Å². The Hall–Kier alpha value is -0.520. The third kappa shape index (κ3) is 2.84. The van der Waals surface area contributed by atoms with Gasteiger partial charge in [0, 0.05) is 0 Å². The quantitative estimate of drug-likeness (QED) is 0.497. The van der Waals surface area contributed by atoms with Gasteiger partial charge in [0.05, 0.1) is 0 Å². The van der Waals surface area contributed by atoms with Crippen molar-refractivity contribution in [1.82, 2.24) is 0 Å². The largest absolute Gasteiger partial charge is 0.0802 e. The minimum absolute atomic E-state index is 1.26. The molecule has 0 N–H and O–H groups in total. The van der Waals surface area contributed by atoms with Crippen LogP contribution in [0.3, 0.4) is 0 Å². The molecule has 0 heteroatoms. The van der Waals surface area contributed by atoms with Gasteiger partial charge in [0.15, 0.2) is 0 Å². The van der Waals surface area contributed by atoms with Crippen molar-refractivity contribution in [2.45, 2.75) is 53.4 Å². The van der Waals surface area contributed by atoms with Gasteiger partial charge in [-0.05, 0) is 31.3 Å². The van der Waals surface area contributed by atoms with E-state index in [1.165, 1.54) is 25.7 Å². The molecule has 0 amide bonds. The van der Waals surface area contributed by atoms with Crippen molar-refractivity contribution in [2.75, 3.05) is 0 Å². The molecule has 0 heterocycles. The standard InChI is InChI=1S/C8H10.2C2H6/c1-3-7-5-2-6-8(7)4-1;2*1-2/h1,3H,2,4-6H2;2*1-2H3. The monoisotopic (exact) mass is 166 g/mol. The molecule has 0 saturated heterocycles. The minimum atomic E-state index is 1.26.